The highest BCUT2D eigenvalue weighted by atomic mass is 35.5. The van der Waals surface area contributed by atoms with E-state index in [-0.39, 0.29) is 22.0 Å². The second-order valence-electron chi connectivity index (χ2n) is 7.14. The van der Waals surface area contributed by atoms with Gasteiger partial charge in [0, 0.05) is 16.7 Å². The Hall–Kier alpha value is -2.66. The Labute approximate surface area is 195 Å². The molecule has 3 aromatic rings. The first-order valence-electron chi connectivity index (χ1n) is 9.54. The summed E-state index contributed by atoms with van der Waals surface area (Å²) in [6.07, 6.45) is -0.999. The molecule has 0 amide bonds. The van der Waals surface area contributed by atoms with Gasteiger partial charge in [-0.25, -0.2) is 18.4 Å². The molecule has 1 saturated heterocycles. The average Bonchev–Trinajstić information content (AvgIpc) is 3.27. The number of thioether (sulfide) groups is 1. The van der Waals surface area contributed by atoms with Crippen LogP contribution in [0.4, 0.5) is 8.78 Å². The molecule has 172 valence electrons. The molecule has 3 heterocycles. The molecule has 0 aliphatic carbocycles. The first-order valence-corrected chi connectivity index (χ1v) is 10.8. The number of benzene rings is 1. The number of hydrogen-bond acceptors (Lipinski definition) is 9. The number of rotatable bonds is 5. The lowest BCUT2D eigenvalue weighted by Gasteiger charge is -2.41. The van der Waals surface area contributed by atoms with Gasteiger partial charge >= 0.3 is 0 Å². The summed E-state index contributed by atoms with van der Waals surface area (Å²) in [4.78, 5) is 4.42. The quantitative estimate of drug-likeness (QED) is 0.484. The molecule has 0 bridgehead atoms. The summed E-state index contributed by atoms with van der Waals surface area (Å²) in [5, 5.41) is 48.3. The van der Waals surface area contributed by atoms with Crippen LogP contribution in [0, 0.1) is 23.0 Å². The molecule has 13 heteroatoms. The van der Waals surface area contributed by atoms with Gasteiger partial charge < -0.3 is 20.1 Å². The van der Waals surface area contributed by atoms with Crippen LogP contribution in [-0.2, 0) is 4.74 Å². The standard InChI is InChI=1S/C20H16ClF2N5O4S/c21-11-4-10(6-25-14(11)5-24)33-20-19(31)17(18(30)16(8-29)32-20)28-7-15(26-27-28)9-1-2-12(22)13(23)3-9/h1-4,6-7,16-20,29-31H,8H2. The largest absolute Gasteiger partial charge is 0.394 e. The fraction of sp³-hybridized carbons (Fsp3) is 0.300. The van der Waals surface area contributed by atoms with E-state index in [1.54, 1.807) is 0 Å². The summed E-state index contributed by atoms with van der Waals surface area (Å²) in [6.45, 7) is -0.543. The lowest BCUT2D eigenvalue weighted by atomic mass is 9.97. The molecule has 1 aliphatic heterocycles. The minimum absolute atomic E-state index is 0.0417. The maximum absolute atomic E-state index is 13.6. The van der Waals surface area contributed by atoms with Crippen LogP contribution in [0.2, 0.25) is 5.02 Å². The summed E-state index contributed by atoms with van der Waals surface area (Å²) in [6, 6.07) is 5.48. The number of nitriles is 1. The number of halogens is 3. The third kappa shape index (κ3) is 4.70. The lowest BCUT2D eigenvalue weighted by molar-refractivity contribution is -0.178. The molecule has 33 heavy (non-hydrogen) atoms. The Kier molecular flexibility index (Phi) is 6.89. The van der Waals surface area contributed by atoms with Crippen LogP contribution in [-0.4, -0.2) is 65.7 Å². The highest BCUT2D eigenvalue weighted by Gasteiger charge is 2.46. The van der Waals surface area contributed by atoms with Gasteiger partial charge in [-0.05, 0) is 24.3 Å². The zero-order chi connectivity index (χ0) is 23.7. The Morgan fingerprint density at radius 2 is 2.00 bits per heavy atom. The van der Waals surface area contributed by atoms with Crippen molar-refractivity contribution in [1.82, 2.24) is 20.0 Å². The van der Waals surface area contributed by atoms with Crippen LogP contribution < -0.4 is 0 Å². The summed E-state index contributed by atoms with van der Waals surface area (Å²) < 4.78 is 33.7. The Balaban J connectivity index is 1.62. The van der Waals surface area contributed by atoms with Crippen LogP contribution in [0.5, 0.6) is 0 Å². The smallest absolute Gasteiger partial charge is 0.159 e. The van der Waals surface area contributed by atoms with Crippen molar-refractivity contribution in [1.29, 1.82) is 5.26 Å². The van der Waals surface area contributed by atoms with E-state index in [4.69, 9.17) is 21.6 Å². The van der Waals surface area contributed by atoms with Crippen molar-refractivity contribution >= 4 is 23.4 Å². The minimum Gasteiger partial charge on any atom is -0.394 e. The average molecular weight is 496 g/mol. The number of nitrogens with zero attached hydrogens (tertiary/aromatic N) is 5. The van der Waals surface area contributed by atoms with Gasteiger partial charge in [-0.1, -0.05) is 28.6 Å². The van der Waals surface area contributed by atoms with Crippen LogP contribution in [0.3, 0.4) is 0 Å². The summed E-state index contributed by atoms with van der Waals surface area (Å²) in [5.41, 5.74) is -0.496. The molecule has 4 rings (SSSR count). The number of aromatic nitrogens is 4. The van der Waals surface area contributed by atoms with E-state index in [1.807, 2.05) is 6.07 Å². The van der Waals surface area contributed by atoms with Gasteiger partial charge in [0.1, 0.15) is 41.6 Å². The topological polar surface area (TPSA) is 137 Å². The van der Waals surface area contributed by atoms with Crippen LogP contribution >= 0.6 is 23.4 Å². The van der Waals surface area contributed by atoms with Crippen molar-refractivity contribution in [2.45, 2.75) is 34.7 Å². The summed E-state index contributed by atoms with van der Waals surface area (Å²) in [5.74, 6) is -2.07. The molecule has 1 aromatic carbocycles. The maximum Gasteiger partial charge on any atom is 0.159 e. The van der Waals surface area contributed by atoms with Gasteiger partial charge in [0.15, 0.2) is 17.3 Å². The van der Waals surface area contributed by atoms with Crippen molar-refractivity contribution in [3.63, 3.8) is 0 Å². The fourth-order valence-corrected chi connectivity index (χ4v) is 4.73. The number of hydrogen-bond donors (Lipinski definition) is 3. The molecular formula is C20H16ClF2N5O4S. The predicted molar refractivity (Wildman–Crippen MR) is 112 cm³/mol. The van der Waals surface area contributed by atoms with Crippen molar-refractivity contribution in [2.75, 3.05) is 6.61 Å². The fourth-order valence-electron chi connectivity index (χ4n) is 3.39. The van der Waals surface area contributed by atoms with Gasteiger partial charge in [0.05, 0.1) is 17.8 Å². The third-order valence-corrected chi connectivity index (χ3v) is 6.46. The third-order valence-electron chi connectivity index (χ3n) is 5.05. The van der Waals surface area contributed by atoms with Gasteiger partial charge in [-0.3, -0.25) is 0 Å². The molecule has 0 saturated carbocycles. The number of pyridine rings is 1. The van der Waals surface area contributed by atoms with E-state index in [9.17, 15) is 24.1 Å². The molecule has 5 atom stereocenters. The second kappa shape index (κ2) is 9.68. The number of aliphatic hydroxyl groups is 3. The van der Waals surface area contributed by atoms with Gasteiger partial charge in [-0.2, -0.15) is 5.26 Å². The molecular weight excluding hydrogens is 480 g/mol. The molecule has 1 aliphatic rings. The normalized spacial score (nSPS) is 25.1. The zero-order valence-corrected chi connectivity index (χ0v) is 18.2. The van der Waals surface area contributed by atoms with E-state index in [1.165, 1.54) is 29.2 Å². The monoisotopic (exact) mass is 495 g/mol. The first kappa shape index (κ1) is 23.5. The Morgan fingerprint density at radius 3 is 2.67 bits per heavy atom. The molecule has 0 radical (unpaired) electrons. The van der Waals surface area contributed by atoms with Crippen molar-refractivity contribution in [2.24, 2.45) is 0 Å². The molecule has 0 spiro atoms. The zero-order valence-electron chi connectivity index (χ0n) is 16.6. The summed E-state index contributed by atoms with van der Waals surface area (Å²) >= 11 is 7.04. The number of ether oxygens (including phenoxy) is 1. The molecule has 3 N–H and O–H groups in total. The molecule has 1 fully saturated rings. The van der Waals surface area contributed by atoms with Gasteiger partial charge in [0.2, 0.25) is 0 Å². The first-order chi connectivity index (χ1) is 15.8. The van der Waals surface area contributed by atoms with E-state index >= 15 is 0 Å². The van der Waals surface area contributed by atoms with Crippen molar-refractivity contribution in [3.8, 4) is 17.3 Å². The Morgan fingerprint density at radius 1 is 1.21 bits per heavy atom. The van der Waals surface area contributed by atoms with Crippen LogP contribution in [0.25, 0.3) is 11.3 Å². The lowest BCUT2D eigenvalue weighted by Crippen LogP contribution is -2.55. The summed E-state index contributed by atoms with van der Waals surface area (Å²) in [7, 11) is 0. The highest BCUT2D eigenvalue weighted by molar-refractivity contribution is 7.99. The van der Waals surface area contributed by atoms with E-state index < -0.39 is 48.0 Å². The van der Waals surface area contributed by atoms with E-state index in [2.05, 4.69) is 15.3 Å². The van der Waals surface area contributed by atoms with Crippen molar-refractivity contribution < 1.29 is 28.8 Å². The highest BCUT2D eigenvalue weighted by Crippen LogP contribution is 2.38. The van der Waals surface area contributed by atoms with Gasteiger partial charge in [0.25, 0.3) is 0 Å². The van der Waals surface area contributed by atoms with Crippen LogP contribution in [0.15, 0.2) is 41.6 Å². The maximum atomic E-state index is 13.6. The molecule has 2 aromatic heterocycles. The minimum atomic E-state index is -1.36. The number of aliphatic hydroxyl groups excluding tert-OH is 3. The predicted octanol–water partition coefficient (Wildman–Crippen LogP) is 1.92. The molecule has 5 unspecified atom stereocenters. The SMILES string of the molecule is N#Cc1ncc(SC2OC(CO)C(O)C(n3cc(-c4ccc(F)c(F)c4)nn3)C2O)cc1Cl. The van der Waals surface area contributed by atoms with E-state index in [0.717, 1.165) is 23.9 Å². The second-order valence-corrected chi connectivity index (χ2v) is 8.72. The molecule has 9 nitrogen and oxygen atoms in total. The van der Waals surface area contributed by atoms with E-state index in [0.29, 0.717) is 4.90 Å². The van der Waals surface area contributed by atoms with Gasteiger partial charge in [-0.15, -0.1) is 5.10 Å². The van der Waals surface area contributed by atoms with Crippen LogP contribution in [0.1, 0.15) is 11.7 Å². The Bertz CT molecular complexity index is 1210. The van der Waals surface area contributed by atoms with Crippen molar-refractivity contribution in [3.05, 3.63) is 59.0 Å².